The van der Waals surface area contributed by atoms with E-state index >= 15 is 0 Å². The Balaban J connectivity index is 0.00000104. The van der Waals surface area contributed by atoms with Gasteiger partial charge >= 0.3 is 0 Å². The summed E-state index contributed by atoms with van der Waals surface area (Å²) in [5, 5.41) is 14.5. The molecule has 1 aliphatic heterocycles. The van der Waals surface area contributed by atoms with Gasteiger partial charge in [-0.25, -0.2) is 4.98 Å². The molecule has 0 saturated carbocycles. The number of aliphatic hydroxyl groups excluding tert-OH is 1. The number of nitrogens with one attached hydrogen (secondary N) is 1. The molecule has 130 valence electrons. The molecule has 1 saturated heterocycles. The van der Waals surface area contributed by atoms with Gasteiger partial charge in [0.15, 0.2) is 5.82 Å². The summed E-state index contributed by atoms with van der Waals surface area (Å²) in [5.41, 5.74) is 0. The first-order chi connectivity index (χ1) is 10.8. The average molecular weight is 407 g/mol. The van der Waals surface area contributed by atoms with E-state index in [9.17, 15) is 5.11 Å². The first kappa shape index (κ1) is 19.5. The van der Waals surface area contributed by atoms with Crippen LogP contribution in [0.2, 0.25) is 5.02 Å². The van der Waals surface area contributed by atoms with Gasteiger partial charge in [0, 0.05) is 41.1 Å². The number of imidazole rings is 1. The maximum absolute atomic E-state index is 9.30. The second-order valence-electron chi connectivity index (χ2n) is 5.58. The van der Waals surface area contributed by atoms with Gasteiger partial charge in [-0.1, -0.05) is 29.8 Å². The summed E-state index contributed by atoms with van der Waals surface area (Å²) >= 11 is 8.26. The summed E-state index contributed by atoms with van der Waals surface area (Å²) in [6, 6.07) is 8.63. The number of thiophene rings is 1. The number of fused-ring (bicyclic) bond motifs is 1. The molecule has 2 aromatic heterocycles. The summed E-state index contributed by atoms with van der Waals surface area (Å²) in [4.78, 5) is 5.55. The topological polar surface area (TPSA) is 50.1 Å². The van der Waals surface area contributed by atoms with Crippen LogP contribution >= 0.6 is 47.8 Å². The SMILES string of the molecule is Cl.Cl.OC[C@H]1C[C@H](n2ccnc2-c2sc3ccccc3c2Cl)CN1. The Morgan fingerprint density at radius 1 is 1.33 bits per heavy atom. The predicted octanol–water partition coefficient (Wildman–Crippen LogP) is 4.16. The van der Waals surface area contributed by atoms with E-state index in [4.69, 9.17) is 11.6 Å². The van der Waals surface area contributed by atoms with Crippen LogP contribution in [-0.4, -0.2) is 33.9 Å². The smallest absolute Gasteiger partial charge is 0.151 e. The summed E-state index contributed by atoms with van der Waals surface area (Å²) in [7, 11) is 0. The Morgan fingerprint density at radius 2 is 2.12 bits per heavy atom. The van der Waals surface area contributed by atoms with Crippen LogP contribution in [0.15, 0.2) is 36.7 Å². The summed E-state index contributed by atoms with van der Waals surface area (Å²) < 4.78 is 3.36. The zero-order valence-corrected chi connectivity index (χ0v) is 15.9. The van der Waals surface area contributed by atoms with Gasteiger partial charge in [0.25, 0.3) is 0 Å². The van der Waals surface area contributed by atoms with Crippen LogP contribution in [0.1, 0.15) is 12.5 Å². The van der Waals surface area contributed by atoms with Gasteiger partial charge < -0.3 is 15.0 Å². The number of aromatic nitrogens is 2. The van der Waals surface area contributed by atoms with Gasteiger partial charge in [0.05, 0.1) is 16.5 Å². The van der Waals surface area contributed by atoms with Crippen molar-refractivity contribution in [2.24, 2.45) is 0 Å². The predicted molar refractivity (Wildman–Crippen MR) is 105 cm³/mol. The highest BCUT2D eigenvalue weighted by molar-refractivity contribution is 7.23. The van der Waals surface area contributed by atoms with E-state index < -0.39 is 0 Å². The lowest BCUT2D eigenvalue weighted by Gasteiger charge is -2.14. The Labute approximate surface area is 161 Å². The molecule has 0 bridgehead atoms. The van der Waals surface area contributed by atoms with Crippen LogP contribution in [0.5, 0.6) is 0 Å². The van der Waals surface area contributed by atoms with Gasteiger partial charge in [0.1, 0.15) is 0 Å². The van der Waals surface area contributed by atoms with Crippen LogP contribution in [0.4, 0.5) is 0 Å². The zero-order chi connectivity index (χ0) is 15.1. The Hall–Kier alpha value is -0.820. The van der Waals surface area contributed by atoms with Gasteiger partial charge in [-0.2, -0.15) is 0 Å². The minimum atomic E-state index is 0. The van der Waals surface area contributed by atoms with Crippen molar-refractivity contribution in [2.45, 2.75) is 18.5 Å². The molecule has 24 heavy (non-hydrogen) atoms. The maximum Gasteiger partial charge on any atom is 0.151 e. The molecule has 3 aromatic rings. The van der Waals surface area contributed by atoms with Crippen molar-refractivity contribution in [3.8, 4) is 10.7 Å². The van der Waals surface area contributed by atoms with E-state index in [1.54, 1.807) is 11.3 Å². The van der Waals surface area contributed by atoms with Crippen LogP contribution in [-0.2, 0) is 0 Å². The Morgan fingerprint density at radius 3 is 2.83 bits per heavy atom. The third-order valence-corrected chi connectivity index (χ3v) is 5.89. The van der Waals surface area contributed by atoms with E-state index in [0.717, 1.165) is 34.1 Å². The van der Waals surface area contributed by atoms with Crippen molar-refractivity contribution in [2.75, 3.05) is 13.2 Å². The number of hydrogen-bond donors (Lipinski definition) is 2. The molecule has 2 atom stereocenters. The second kappa shape index (κ2) is 8.04. The molecule has 2 N–H and O–H groups in total. The molecule has 0 amide bonds. The first-order valence-corrected chi connectivity index (χ1v) is 8.52. The highest BCUT2D eigenvalue weighted by Gasteiger charge is 2.27. The number of rotatable bonds is 3. The molecule has 4 rings (SSSR count). The van der Waals surface area contributed by atoms with Crippen LogP contribution in [0.3, 0.4) is 0 Å². The monoisotopic (exact) mass is 405 g/mol. The van der Waals surface area contributed by atoms with Gasteiger partial charge in [-0.3, -0.25) is 0 Å². The number of halogens is 3. The Kier molecular flexibility index (Phi) is 6.53. The summed E-state index contributed by atoms with van der Waals surface area (Å²) in [6.07, 6.45) is 4.73. The summed E-state index contributed by atoms with van der Waals surface area (Å²) in [6.45, 7) is 1.02. The Bertz CT molecular complexity index is 820. The molecule has 1 aliphatic rings. The molecule has 1 fully saturated rings. The lowest BCUT2D eigenvalue weighted by atomic mass is 10.2. The standard InChI is InChI=1S/C16H16ClN3OS.2ClH/c17-14-12-3-1-2-4-13(12)22-15(14)16-18-5-6-20(16)11-7-10(9-21)19-8-11;;/h1-6,10-11,19,21H,7-9H2;2*1H/t10-,11+;;/m1../s1. The van der Waals surface area contributed by atoms with Crippen molar-refractivity contribution in [1.82, 2.24) is 14.9 Å². The van der Waals surface area contributed by atoms with E-state index in [0.29, 0.717) is 6.04 Å². The summed E-state index contributed by atoms with van der Waals surface area (Å²) in [5.74, 6) is 0.914. The molecule has 0 aliphatic carbocycles. The molecular weight excluding hydrogens is 389 g/mol. The lowest BCUT2D eigenvalue weighted by molar-refractivity contribution is 0.253. The van der Waals surface area contributed by atoms with Crippen molar-refractivity contribution in [3.05, 3.63) is 41.7 Å². The molecular formula is C16H18Cl3N3OS. The van der Waals surface area contributed by atoms with E-state index in [2.05, 4.69) is 20.9 Å². The fraction of sp³-hybridized carbons (Fsp3) is 0.312. The average Bonchev–Trinajstić information content (AvgIpc) is 3.25. The molecule has 1 aromatic carbocycles. The lowest BCUT2D eigenvalue weighted by Crippen LogP contribution is -2.24. The molecule has 0 spiro atoms. The molecule has 3 heterocycles. The normalized spacial score (nSPS) is 19.9. The highest BCUT2D eigenvalue weighted by atomic mass is 35.5. The minimum absolute atomic E-state index is 0. The zero-order valence-electron chi connectivity index (χ0n) is 12.7. The van der Waals surface area contributed by atoms with Crippen LogP contribution in [0.25, 0.3) is 20.8 Å². The second-order valence-corrected chi connectivity index (χ2v) is 7.01. The number of nitrogens with zero attached hydrogens (tertiary/aromatic N) is 2. The number of aliphatic hydroxyl groups is 1. The van der Waals surface area contributed by atoms with Crippen molar-refractivity contribution in [3.63, 3.8) is 0 Å². The third-order valence-electron chi connectivity index (χ3n) is 4.22. The van der Waals surface area contributed by atoms with E-state index in [1.807, 2.05) is 30.6 Å². The molecule has 8 heteroatoms. The van der Waals surface area contributed by atoms with Crippen molar-refractivity contribution in [1.29, 1.82) is 0 Å². The van der Waals surface area contributed by atoms with Gasteiger partial charge in [-0.15, -0.1) is 36.2 Å². The number of hydrogen-bond acceptors (Lipinski definition) is 4. The fourth-order valence-corrected chi connectivity index (χ4v) is 4.61. The maximum atomic E-state index is 9.30. The van der Waals surface area contributed by atoms with E-state index in [1.165, 1.54) is 4.70 Å². The highest BCUT2D eigenvalue weighted by Crippen LogP contribution is 2.42. The minimum Gasteiger partial charge on any atom is -0.395 e. The first-order valence-electron chi connectivity index (χ1n) is 7.32. The van der Waals surface area contributed by atoms with Crippen molar-refractivity contribution < 1.29 is 5.11 Å². The fourth-order valence-electron chi connectivity index (χ4n) is 3.09. The van der Waals surface area contributed by atoms with E-state index in [-0.39, 0.29) is 37.5 Å². The quantitative estimate of drug-likeness (QED) is 0.687. The van der Waals surface area contributed by atoms with Gasteiger partial charge in [0.2, 0.25) is 0 Å². The molecule has 0 radical (unpaired) electrons. The molecule has 0 unspecified atom stereocenters. The third kappa shape index (κ3) is 3.29. The van der Waals surface area contributed by atoms with Crippen LogP contribution < -0.4 is 5.32 Å². The molecule has 4 nitrogen and oxygen atoms in total. The largest absolute Gasteiger partial charge is 0.395 e. The van der Waals surface area contributed by atoms with Gasteiger partial charge in [-0.05, 0) is 12.5 Å². The van der Waals surface area contributed by atoms with Crippen LogP contribution in [0, 0.1) is 0 Å². The number of benzene rings is 1. The van der Waals surface area contributed by atoms with Crippen molar-refractivity contribution >= 4 is 57.8 Å².